The highest BCUT2D eigenvalue weighted by Crippen LogP contribution is 2.52. The van der Waals surface area contributed by atoms with Gasteiger partial charge in [0.15, 0.2) is 5.58 Å². The lowest BCUT2D eigenvalue weighted by Crippen LogP contribution is -2.28. The number of oxazole rings is 1. The third kappa shape index (κ3) is 1.82. The molecule has 2 saturated carbocycles. The van der Waals surface area contributed by atoms with Gasteiger partial charge in [-0.3, -0.25) is 4.98 Å². The maximum Gasteiger partial charge on any atom is 0.417 e. The SMILES string of the molecule is CNC(c1ccc2[nH]c(=O)oc2c1)C1CC2CCC1C2. The summed E-state index contributed by atoms with van der Waals surface area (Å²) in [6.07, 6.45) is 5.55. The van der Waals surface area contributed by atoms with Gasteiger partial charge in [-0.05, 0) is 61.8 Å². The van der Waals surface area contributed by atoms with Crippen molar-refractivity contribution >= 4 is 11.1 Å². The zero-order valence-corrected chi connectivity index (χ0v) is 11.7. The van der Waals surface area contributed by atoms with Gasteiger partial charge < -0.3 is 9.73 Å². The first-order chi connectivity index (χ1) is 9.74. The summed E-state index contributed by atoms with van der Waals surface area (Å²) in [4.78, 5) is 14.0. The molecule has 20 heavy (non-hydrogen) atoms. The van der Waals surface area contributed by atoms with E-state index in [1.807, 2.05) is 19.2 Å². The minimum absolute atomic E-state index is 0.370. The summed E-state index contributed by atoms with van der Waals surface area (Å²) >= 11 is 0. The normalized spacial score (nSPS) is 30.1. The van der Waals surface area contributed by atoms with Crippen LogP contribution in [0.4, 0.5) is 0 Å². The van der Waals surface area contributed by atoms with Crippen molar-refractivity contribution in [3.63, 3.8) is 0 Å². The number of fused-ring (bicyclic) bond motifs is 3. The Morgan fingerprint density at radius 1 is 1.35 bits per heavy atom. The molecule has 4 atom stereocenters. The van der Waals surface area contributed by atoms with Crippen LogP contribution in [0.2, 0.25) is 0 Å². The van der Waals surface area contributed by atoms with Crippen LogP contribution in [-0.4, -0.2) is 12.0 Å². The average Bonchev–Trinajstić information content (AvgIpc) is 3.12. The van der Waals surface area contributed by atoms with Gasteiger partial charge in [-0.15, -0.1) is 0 Å². The number of aromatic amines is 1. The lowest BCUT2D eigenvalue weighted by Gasteiger charge is -2.30. The molecule has 2 aromatic rings. The highest BCUT2D eigenvalue weighted by Gasteiger charge is 2.43. The maximum atomic E-state index is 11.3. The monoisotopic (exact) mass is 272 g/mol. The molecule has 0 saturated heterocycles. The first kappa shape index (κ1) is 12.2. The van der Waals surface area contributed by atoms with E-state index < -0.39 is 0 Å². The van der Waals surface area contributed by atoms with Crippen molar-refractivity contribution in [1.82, 2.24) is 10.3 Å². The zero-order valence-electron chi connectivity index (χ0n) is 11.7. The highest BCUT2D eigenvalue weighted by atomic mass is 16.4. The van der Waals surface area contributed by atoms with Gasteiger partial charge in [-0.2, -0.15) is 0 Å². The Hall–Kier alpha value is -1.55. The summed E-state index contributed by atoms with van der Waals surface area (Å²) in [5, 5.41) is 3.49. The molecule has 0 radical (unpaired) electrons. The second-order valence-corrected chi connectivity index (χ2v) is 6.38. The largest absolute Gasteiger partial charge is 0.417 e. The summed E-state index contributed by atoms with van der Waals surface area (Å²) in [5.41, 5.74) is 2.68. The van der Waals surface area contributed by atoms with Crippen LogP contribution in [0.15, 0.2) is 27.4 Å². The Labute approximate surface area is 117 Å². The second-order valence-electron chi connectivity index (χ2n) is 6.38. The number of aromatic nitrogens is 1. The summed E-state index contributed by atoms with van der Waals surface area (Å²) in [6.45, 7) is 0. The standard InChI is InChI=1S/C16H20N2O2/c1-17-15(12-7-9-2-3-10(12)6-9)11-4-5-13-14(8-11)20-16(19)18-13/h4-5,8-10,12,15,17H,2-3,6-7H2,1H3,(H,18,19). The van der Waals surface area contributed by atoms with Gasteiger partial charge in [0.25, 0.3) is 0 Å². The fraction of sp³-hybridized carbons (Fsp3) is 0.562. The van der Waals surface area contributed by atoms with E-state index in [-0.39, 0.29) is 5.76 Å². The van der Waals surface area contributed by atoms with Gasteiger partial charge in [-0.1, -0.05) is 12.5 Å². The molecular formula is C16H20N2O2. The molecule has 4 nitrogen and oxygen atoms in total. The molecule has 2 aliphatic rings. The number of rotatable bonds is 3. The number of hydrogen-bond donors (Lipinski definition) is 2. The second kappa shape index (κ2) is 4.48. The van der Waals surface area contributed by atoms with E-state index in [0.717, 1.165) is 23.3 Å². The van der Waals surface area contributed by atoms with Crippen molar-refractivity contribution in [2.24, 2.45) is 17.8 Å². The number of hydrogen-bond acceptors (Lipinski definition) is 3. The average molecular weight is 272 g/mol. The van der Waals surface area contributed by atoms with Gasteiger partial charge in [0, 0.05) is 6.04 Å². The van der Waals surface area contributed by atoms with Crippen molar-refractivity contribution in [1.29, 1.82) is 0 Å². The smallest absolute Gasteiger partial charge is 0.408 e. The van der Waals surface area contributed by atoms with Gasteiger partial charge >= 0.3 is 5.76 Å². The topological polar surface area (TPSA) is 58.0 Å². The molecule has 2 aliphatic carbocycles. The Balaban J connectivity index is 1.70. The van der Waals surface area contributed by atoms with Crippen LogP contribution < -0.4 is 11.1 Å². The summed E-state index contributed by atoms with van der Waals surface area (Å²) in [6, 6.07) is 6.45. The highest BCUT2D eigenvalue weighted by molar-refractivity contribution is 5.72. The molecule has 2 fully saturated rings. The number of nitrogens with one attached hydrogen (secondary N) is 2. The van der Waals surface area contributed by atoms with Gasteiger partial charge in [0.2, 0.25) is 0 Å². The third-order valence-electron chi connectivity index (χ3n) is 5.34. The zero-order chi connectivity index (χ0) is 13.7. The molecule has 1 aromatic heterocycles. The Bertz CT molecular complexity index is 687. The van der Waals surface area contributed by atoms with E-state index in [1.54, 1.807) is 0 Å². The van der Waals surface area contributed by atoms with E-state index >= 15 is 0 Å². The van der Waals surface area contributed by atoms with Crippen LogP contribution in [0.1, 0.15) is 37.3 Å². The van der Waals surface area contributed by atoms with E-state index in [2.05, 4.69) is 16.4 Å². The summed E-state index contributed by atoms with van der Waals surface area (Å²) < 4.78 is 5.19. The molecule has 4 heteroatoms. The van der Waals surface area contributed by atoms with Gasteiger partial charge in [-0.25, -0.2) is 4.79 Å². The molecule has 0 aliphatic heterocycles. The quantitative estimate of drug-likeness (QED) is 0.903. The molecule has 4 rings (SSSR count). The van der Waals surface area contributed by atoms with Crippen LogP contribution in [-0.2, 0) is 0 Å². The molecule has 1 heterocycles. The number of benzene rings is 1. The van der Waals surface area contributed by atoms with Crippen LogP contribution in [0, 0.1) is 17.8 Å². The molecule has 4 unspecified atom stereocenters. The van der Waals surface area contributed by atoms with E-state index in [9.17, 15) is 4.79 Å². The fourth-order valence-electron chi connectivity index (χ4n) is 4.49. The van der Waals surface area contributed by atoms with Gasteiger partial charge in [0.05, 0.1) is 5.52 Å². The first-order valence-corrected chi connectivity index (χ1v) is 7.54. The van der Waals surface area contributed by atoms with E-state index in [1.165, 1.54) is 31.2 Å². The van der Waals surface area contributed by atoms with Crippen LogP contribution in [0.3, 0.4) is 0 Å². The summed E-state index contributed by atoms with van der Waals surface area (Å²) in [7, 11) is 2.04. The maximum absolute atomic E-state index is 11.3. The molecule has 1 aromatic carbocycles. The molecule has 106 valence electrons. The molecule has 0 amide bonds. The van der Waals surface area contributed by atoms with E-state index in [4.69, 9.17) is 4.42 Å². The fourth-order valence-corrected chi connectivity index (χ4v) is 4.49. The minimum Gasteiger partial charge on any atom is -0.408 e. The van der Waals surface area contributed by atoms with Crippen molar-refractivity contribution in [2.75, 3.05) is 7.05 Å². The van der Waals surface area contributed by atoms with Crippen LogP contribution in [0.5, 0.6) is 0 Å². The Kier molecular flexibility index (Phi) is 2.74. The van der Waals surface area contributed by atoms with Crippen molar-refractivity contribution in [2.45, 2.75) is 31.7 Å². The minimum atomic E-state index is -0.377. The van der Waals surface area contributed by atoms with Gasteiger partial charge in [0.1, 0.15) is 0 Å². The predicted octanol–water partition coefficient (Wildman–Crippen LogP) is 2.82. The van der Waals surface area contributed by atoms with E-state index in [0.29, 0.717) is 11.6 Å². The molecule has 0 spiro atoms. The lowest BCUT2D eigenvalue weighted by atomic mass is 9.80. The van der Waals surface area contributed by atoms with Crippen molar-refractivity contribution in [3.05, 3.63) is 34.3 Å². The first-order valence-electron chi connectivity index (χ1n) is 7.54. The summed E-state index contributed by atoms with van der Waals surface area (Å²) in [5.74, 6) is 2.15. The number of H-pyrrole nitrogens is 1. The van der Waals surface area contributed by atoms with Crippen molar-refractivity contribution in [3.8, 4) is 0 Å². The third-order valence-corrected chi connectivity index (χ3v) is 5.34. The Morgan fingerprint density at radius 2 is 2.25 bits per heavy atom. The van der Waals surface area contributed by atoms with Crippen LogP contribution >= 0.6 is 0 Å². The van der Waals surface area contributed by atoms with Crippen LogP contribution in [0.25, 0.3) is 11.1 Å². The Morgan fingerprint density at radius 3 is 2.95 bits per heavy atom. The molecule has 2 bridgehead atoms. The molecular weight excluding hydrogens is 252 g/mol. The van der Waals surface area contributed by atoms with Crippen molar-refractivity contribution < 1.29 is 4.42 Å². The lowest BCUT2D eigenvalue weighted by molar-refractivity contribution is 0.259. The predicted molar refractivity (Wildman–Crippen MR) is 77.6 cm³/mol. The molecule has 2 N–H and O–H groups in total.